The molecule has 82 valence electrons. The van der Waals surface area contributed by atoms with E-state index in [-0.39, 0.29) is 5.56 Å². The van der Waals surface area contributed by atoms with Crippen molar-refractivity contribution in [3.8, 4) is 0 Å². The molecule has 0 aliphatic heterocycles. The van der Waals surface area contributed by atoms with Crippen LogP contribution in [-0.2, 0) is 12.8 Å². The van der Waals surface area contributed by atoms with Crippen molar-refractivity contribution in [1.29, 1.82) is 0 Å². The molecule has 1 aromatic heterocycles. The van der Waals surface area contributed by atoms with Crippen molar-refractivity contribution in [3.63, 3.8) is 0 Å². The Balaban J connectivity index is 2.11. The molecular formula is C13H14N2O. The quantitative estimate of drug-likeness (QED) is 0.847. The molecule has 16 heavy (non-hydrogen) atoms. The predicted octanol–water partition coefficient (Wildman–Crippen LogP) is 1.86. The highest BCUT2D eigenvalue weighted by Gasteiger charge is 2.01. The molecule has 0 fully saturated rings. The number of nitrogens with zero attached hydrogens (tertiary/aromatic N) is 1. The lowest BCUT2D eigenvalue weighted by molar-refractivity contribution is 0.870. The summed E-state index contributed by atoms with van der Waals surface area (Å²) in [5, 5.41) is 6.36. The van der Waals surface area contributed by atoms with E-state index in [0.29, 0.717) is 0 Å². The number of rotatable bonds is 3. The summed E-state index contributed by atoms with van der Waals surface area (Å²) in [4.78, 5) is 11.5. The molecule has 0 aliphatic carbocycles. The van der Waals surface area contributed by atoms with Crippen LogP contribution in [0.4, 0.5) is 0 Å². The van der Waals surface area contributed by atoms with Crippen LogP contribution in [0.2, 0.25) is 0 Å². The summed E-state index contributed by atoms with van der Waals surface area (Å²) in [6, 6.07) is 12.0. The predicted molar refractivity (Wildman–Crippen MR) is 63.4 cm³/mol. The summed E-state index contributed by atoms with van der Waals surface area (Å²) in [6.07, 6.45) is 1.63. The number of hydrogen-bond acceptors (Lipinski definition) is 2. The van der Waals surface area contributed by atoms with E-state index in [0.717, 1.165) is 24.1 Å². The van der Waals surface area contributed by atoms with Gasteiger partial charge in [-0.05, 0) is 31.4 Å². The van der Waals surface area contributed by atoms with Crippen LogP contribution in [0, 0.1) is 6.92 Å². The third-order valence-corrected chi connectivity index (χ3v) is 2.53. The van der Waals surface area contributed by atoms with E-state index >= 15 is 0 Å². The van der Waals surface area contributed by atoms with E-state index in [9.17, 15) is 4.79 Å². The molecule has 1 heterocycles. The Kier molecular flexibility index (Phi) is 3.15. The number of H-pyrrole nitrogens is 1. The van der Waals surface area contributed by atoms with E-state index in [1.165, 1.54) is 5.56 Å². The minimum absolute atomic E-state index is 0.0819. The SMILES string of the molecule is Cc1cc(CCc2ccccc2)c(=O)[nH]n1. The van der Waals surface area contributed by atoms with Gasteiger partial charge >= 0.3 is 0 Å². The highest BCUT2D eigenvalue weighted by Crippen LogP contribution is 2.04. The zero-order valence-corrected chi connectivity index (χ0v) is 9.23. The average Bonchev–Trinajstić information content (AvgIpc) is 2.32. The second-order valence-corrected chi connectivity index (χ2v) is 3.85. The molecular weight excluding hydrogens is 200 g/mol. The monoisotopic (exact) mass is 214 g/mol. The van der Waals surface area contributed by atoms with Crippen LogP contribution in [-0.4, -0.2) is 10.2 Å². The molecule has 0 saturated heterocycles. The van der Waals surface area contributed by atoms with E-state index < -0.39 is 0 Å². The van der Waals surface area contributed by atoms with Crippen LogP contribution < -0.4 is 5.56 Å². The molecule has 0 aliphatic rings. The first kappa shape index (κ1) is 10.6. The summed E-state index contributed by atoms with van der Waals surface area (Å²) in [5.74, 6) is 0. The minimum Gasteiger partial charge on any atom is -0.268 e. The molecule has 0 radical (unpaired) electrons. The zero-order valence-electron chi connectivity index (χ0n) is 9.23. The molecule has 2 aromatic rings. The Morgan fingerprint density at radius 1 is 1.19 bits per heavy atom. The maximum atomic E-state index is 11.5. The fourth-order valence-corrected chi connectivity index (χ4v) is 1.67. The topological polar surface area (TPSA) is 45.8 Å². The number of aromatic nitrogens is 2. The second-order valence-electron chi connectivity index (χ2n) is 3.85. The number of hydrogen-bond donors (Lipinski definition) is 1. The van der Waals surface area contributed by atoms with Crippen LogP contribution in [0.3, 0.4) is 0 Å². The highest BCUT2D eigenvalue weighted by atomic mass is 16.1. The Labute approximate surface area is 94.2 Å². The maximum Gasteiger partial charge on any atom is 0.267 e. The van der Waals surface area contributed by atoms with Crippen molar-refractivity contribution in [2.24, 2.45) is 0 Å². The lowest BCUT2D eigenvalue weighted by atomic mass is 10.1. The normalized spacial score (nSPS) is 10.3. The van der Waals surface area contributed by atoms with Crippen LogP contribution in [0.1, 0.15) is 16.8 Å². The van der Waals surface area contributed by atoms with Gasteiger partial charge in [-0.15, -0.1) is 0 Å². The highest BCUT2D eigenvalue weighted by molar-refractivity contribution is 5.18. The number of benzene rings is 1. The summed E-state index contributed by atoms with van der Waals surface area (Å²) >= 11 is 0. The van der Waals surface area contributed by atoms with Crippen molar-refractivity contribution in [1.82, 2.24) is 10.2 Å². The van der Waals surface area contributed by atoms with Gasteiger partial charge in [-0.1, -0.05) is 30.3 Å². The van der Waals surface area contributed by atoms with Crippen LogP contribution >= 0.6 is 0 Å². The average molecular weight is 214 g/mol. The Morgan fingerprint density at radius 2 is 1.94 bits per heavy atom. The molecule has 0 unspecified atom stereocenters. The Hall–Kier alpha value is -1.90. The van der Waals surface area contributed by atoms with Gasteiger partial charge in [0.05, 0.1) is 5.69 Å². The number of aromatic amines is 1. The van der Waals surface area contributed by atoms with Gasteiger partial charge in [-0.25, -0.2) is 5.10 Å². The Bertz CT molecular complexity index is 517. The zero-order chi connectivity index (χ0) is 11.4. The van der Waals surface area contributed by atoms with Gasteiger partial charge in [0.2, 0.25) is 0 Å². The van der Waals surface area contributed by atoms with Crippen molar-refractivity contribution in [2.75, 3.05) is 0 Å². The third kappa shape index (κ3) is 2.57. The van der Waals surface area contributed by atoms with Gasteiger partial charge in [-0.2, -0.15) is 5.10 Å². The van der Waals surface area contributed by atoms with Crippen molar-refractivity contribution in [2.45, 2.75) is 19.8 Å². The fraction of sp³-hybridized carbons (Fsp3) is 0.231. The van der Waals surface area contributed by atoms with E-state index in [2.05, 4.69) is 22.3 Å². The summed E-state index contributed by atoms with van der Waals surface area (Å²) in [5.41, 5.74) is 2.82. The summed E-state index contributed by atoms with van der Waals surface area (Å²) in [6.45, 7) is 1.88. The van der Waals surface area contributed by atoms with E-state index in [1.807, 2.05) is 31.2 Å². The molecule has 0 atom stereocenters. The summed E-state index contributed by atoms with van der Waals surface area (Å²) in [7, 11) is 0. The van der Waals surface area contributed by atoms with Gasteiger partial charge in [0.25, 0.3) is 5.56 Å². The minimum atomic E-state index is -0.0819. The molecule has 1 aromatic carbocycles. The lowest BCUT2D eigenvalue weighted by Crippen LogP contribution is -2.15. The van der Waals surface area contributed by atoms with Gasteiger partial charge in [0, 0.05) is 5.56 Å². The van der Waals surface area contributed by atoms with Gasteiger partial charge in [0.15, 0.2) is 0 Å². The molecule has 3 nitrogen and oxygen atoms in total. The molecule has 3 heteroatoms. The first-order valence-electron chi connectivity index (χ1n) is 5.35. The molecule has 2 rings (SSSR count). The van der Waals surface area contributed by atoms with E-state index in [1.54, 1.807) is 0 Å². The maximum absolute atomic E-state index is 11.5. The standard InChI is InChI=1S/C13H14N2O/c1-10-9-12(13(16)15-14-10)8-7-11-5-3-2-4-6-11/h2-6,9H,7-8H2,1H3,(H,15,16). The van der Waals surface area contributed by atoms with Crippen LogP contribution in [0.15, 0.2) is 41.2 Å². The van der Waals surface area contributed by atoms with Crippen molar-refractivity contribution >= 4 is 0 Å². The fourth-order valence-electron chi connectivity index (χ4n) is 1.67. The molecule has 1 N–H and O–H groups in total. The van der Waals surface area contributed by atoms with Crippen molar-refractivity contribution in [3.05, 3.63) is 63.6 Å². The smallest absolute Gasteiger partial charge is 0.267 e. The van der Waals surface area contributed by atoms with Gasteiger partial charge < -0.3 is 0 Å². The lowest BCUT2D eigenvalue weighted by Gasteiger charge is -2.01. The summed E-state index contributed by atoms with van der Waals surface area (Å²) < 4.78 is 0. The third-order valence-electron chi connectivity index (χ3n) is 2.53. The first-order chi connectivity index (χ1) is 7.75. The Morgan fingerprint density at radius 3 is 2.69 bits per heavy atom. The van der Waals surface area contributed by atoms with Gasteiger partial charge in [0.1, 0.15) is 0 Å². The largest absolute Gasteiger partial charge is 0.268 e. The van der Waals surface area contributed by atoms with Crippen LogP contribution in [0.25, 0.3) is 0 Å². The molecule has 0 saturated carbocycles. The van der Waals surface area contributed by atoms with Crippen LogP contribution in [0.5, 0.6) is 0 Å². The number of nitrogens with one attached hydrogen (secondary N) is 1. The van der Waals surface area contributed by atoms with E-state index in [4.69, 9.17) is 0 Å². The number of aryl methyl sites for hydroxylation is 3. The molecule has 0 amide bonds. The van der Waals surface area contributed by atoms with Crippen molar-refractivity contribution < 1.29 is 0 Å². The van der Waals surface area contributed by atoms with Gasteiger partial charge in [-0.3, -0.25) is 4.79 Å². The molecule has 0 spiro atoms. The molecule has 0 bridgehead atoms. The first-order valence-corrected chi connectivity index (χ1v) is 5.35. The second kappa shape index (κ2) is 4.75.